The van der Waals surface area contributed by atoms with E-state index in [9.17, 15) is 0 Å². The highest BCUT2D eigenvalue weighted by Gasteiger charge is 2.38. The van der Waals surface area contributed by atoms with Crippen molar-refractivity contribution in [3.63, 3.8) is 0 Å². The first-order valence-corrected chi connectivity index (χ1v) is 19.2. The Morgan fingerprint density at radius 1 is 0.449 bits per heavy atom. The third-order valence-corrected chi connectivity index (χ3v) is 11.8. The molecule has 0 radical (unpaired) electrons. The van der Waals surface area contributed by atoms with Crippen LogP contribution in [0.15, 0.2) is 54.6 Å². The molecule has 6 rings (SSSR count). The lowest BCUT2D eigenvalue weighted by Gasteiger charge is -2.45. The molecule has 0 spiro atoms. The topological polar surface area (TPSA) is 0 Å². The van der Waals surface area contributed by atoms with Gasteiger partial charge in [0.2, 0.25) is 0 Å². The van der Waals surface area contributed by atoms with E-state index in [1.54, 1.807) is 0 Å². The fourth-order valence-electron chi connectivity index (χ4n) is 8.51. The third kappa shape index (κ3) is 12.1. The van der Waals surface area contributed by atoms with E-state index in [0.29, 0.717) is 5.41 Å². The molecule has 0 atom stereocenters. The van der Waals surface area contributed by atoms with Gasteiger partial charge in [0, 0.05) is 4.11 Å². The average Bonchev–Trinajstić information content (AvgIpc) is 3.02. The molecule has 0 N–H and O–H groups in total. The molecule has 0 unspecified atom stereocenters. The molecule has 49 heavy (non-hydrogen) atoms. The zero-order valence-corrected chi connectivity index (χ0v) is 33.2. The molecule has 0 bridgehead atoms. The first-order chi connectivity index (χ1) is 23.5. The maximum atomic E-state index is 9.04. The van der Waals surface area contributed by atoms with Crippen molar-refractivity contribution in [3.8, 4) is 0 Å². The van der Waals surface area contributed by atoms with E-state index < -0.39 is 5.89 Å². The molecule has 3 saturated carbocycles. The molecule has 0 heterocycles. The van der Waals surface area contributed by atoms with E-state index in [4.69, 9.17) is 4.11 Å². The van der Waals surface area contributed by atoms with Crippen LogP contribution in [0.1, 0.15) is 198 Å². The predicted molar refractivity (Wildman–Crippen MR) is 219 cm³/mol. The first-order valence-electron chi connectivity index (χ1n) is 20.7. The Labute approximate surface area is 309 Å². The summed E-state index contributed by atoms with van der Waals surface area (Å²) in [6.07, 6.45) is 13.3. The maximum Gasteiger partial charge on any atom is 0.0353 e. The summed E-state index contributed by atoms with van der Waals surface area (Å²) in [5.74, 6) is -1.06. The smallest absolute Gasteiger partial charge is 0.0353 e. The molecule has 0 nitrogen and oxygen atoms in total. The summed E-state index contributed by atoms with van der Waals surface area (Å²) in [7, 11) is 0. The van der Waals surface area contributed by atoms with Crippen LogP contribution in [0.4, 0.5) is 0 Å². The van der Waals surface area contributed by atoms with Gasteiger partial charge in [-0.05, 0) is 183 Å². The van der Waals surface area contributed by atoms with Crippen molar-refractivity contribution in [2.75, 3.05) is 0 Å². The van der Waals surface area contributed by atoms with E-state index in [1.807, 2.05) is 0 Å². The fourth-order valence-corrected chi connectivity index (χ4v) is 8.51. The summed E-state index contributed by atoms with van der Waals surface area (Å²) in [5, 5.41) is 0. The molecule has 3 fully saturated rings. The molecule has 3 aromatic rings. The van der Waals surface area contributed by atoms with Crippen molar-refractivity contribution < 1.29 is 4.11 Å². The number of aryl methyl sites for hydroxylation is 6. The summed E-state index contributed by atoms with van der Waals surface area (Å²) < 4.78 is 26.3. The number of hydrogen-bond acceptors (Lipinski definition) is 0. The lowest BCUT2D eigenvalue weighted by molar-refractivity contribution is 0.0969. The van der Waals surface area contributed by atoms with Crippen LogP contribution in [0.3, 0.4) is 0 Å². The van der Waals surface area contributed by atoms with Gasteiger partial charge in [0.15, 0.2) is 0 Å². The van der Waals surface area contributed by atoms with Gasteiger partial charge < -0.3 is 0 Å². The van der Waals surface area contributed by atoms with Gasteiger partial charge in [-0.15, -0.1) is 0 Å². The third-order valence-electron chi connectivity index (χ3n) is 11.8. The van der Waals surface area contributed by atoms with E-state index >= 15 is 0 Å². The van der Waals surface area contributed by atoms with E-state index in [-0.39, 0.29) is 30.0 Å². The second kappa shape index (κ2) is 17.2. The van der Waals surface area contributed by atoms with Gasteiger partial charge in [-0.3, -0.25) is 0 Å². The quantitative estimate of drug-likeness (QED) is 0.261. The van der Waals surface area contributed by atoms with Crippen LogP contribution >= 0.6 is 0 Å². The van der Waals surface area contributed by atoms with Gasteiger partial charge in [-0.25, -0.2) is 0 Å². The molecule has 272 valence electrons. The van der Waals surface area contributed by atoms with Gasteiger partial charge in [0.1, 0.15) is 0 Å². The zero-order chi connectivity index (χ0) is 38.0. The lowest BCUT2D eigenvalue weighted by atomic mass is 9.60. The second-order valence-electron chi connectivity index (χ2n) is 18.3. The normalized spacial score (nSPS) is 23.4. The summed E-state index contributed by atoms with van der Waals surface area (Å²) in [5.41, 5.74) is 12.5. The van der Waals surface area contributed by atoms with E-state index in [2.05, 4.69) is 138 Å². The van der Waals surface area contributed by atoms with E-state index in [0.717, 1.165) is 38.5 Å². The molecular formula is C49H76. The highest BCUT2D eigenvalue weighted by Crippen LogP contribution is 2.52. The molecule has 0 saturated heterocycles. The molecule has 3 aliphatic carbocycles. The van der Waals surface area contributed by atoms with Crippen molar-refractivity contribution in [1.82, 2.24) is 0 Å². The summed E-state index contributed by atoms with van der Waals surface area (Å²) in [4.78, 5) is 0. The van der Waals surface area contributed by atoms with Crippen LogP contribution in [0.25, 0.3) is 0 Å². The van der Waals surface area contributed by atoms with Gasteiger partial charge in [0.25, 0.3) is 0 Å². The molecule has 0 aliphatic heterocycles. The fraction of sp³-hybridized carbons (Fsp3) is 0.633. The summed E-state index contributed by atoms with van der Waals surface area (Å²) in [6.45, 7) is 26.8. The van der Waals surface area contributed by atoms with Gasteiger partial charge in [0.05, 0.1) is 0 Å². The number of hydrogen-bond donors (Lipinski definition) is 0. The highest BCUT2D eigenvalue weighted by molar-refractivity contribution is 5.34. The molecule has 3 aromatic carbocycles. The standard InChI is InChI=1S/C18H28.C16H24.C14H20.CH4/c1-13-7-8-15(9-14(13)2)16-10-17(3,4)12-18(5,6)11-16;1-12-5-6-15(11-13(12)2)14-7-9-16(3,4)10-8-14;1-11-8-9-14(10-12(11)2)13-6-4-3-5-7-13;/h7-9,16H,10-12H2,1-6H3;5-6,11,14H,7-10H2,1-4H3;8-10,13H,3-7H2,1-2H3;1H4/i16D;14D;13D;. The molecule has 0 aromatic heterocycles. The van der Waals surface area contributed by atoms with Gasteiger partial charge in [-0.2, -0.15) is 0 Å². The van der Waals surface area contributed by atoms with Crippen LogP contribution in [-0.4, -0.2) is 0 Å². The Kier molecular flexibility index (Phi) is 12.8. The van der Waals surface area contributed by atoms with Crippen LogP contribution in [0.5, 0.6) is 0 Å². The van der Waals surface area contributed by atoms with Crippen LogP contribution in [0.2, 0.25) is 0 Å². The Balaban J connectivity index is 0.000000210. The molecular weight excluding hydrogens is 589 g/mol. The Hall–Kier alpha value is -2.34. The van der Waals surface area contributed by atoms with Crippen molar-refractivity contribution in [2.45, 2.75) is 185 Å². The van der Waals surface area contributed by atoms with Crippen molar-refractivity contribution >= 4 is 0 Å². The summed E-state index contributed by atoms with van der Waals surface area (Å²) in [6, 6.07) is 19.7. The minimum atomic E-state index is -0.427. The SMILES string of the molecule is C.[2H]C1(c2ccc(C)c(C)c2)CC(C)(C)CC(C)(C)C1.[2H]C1(c2ccc(C)c(C)c2)CCC(C)(C)CC1.[2H]C1(c2ccc(C)c(C)c2)CCCCC1. The van der Waals surface area contributed by atoms with E-state index in [1.165, 1.54) is 88.6 Å². The van der Waals surface area contributed by atoms with Crippen molar-refractivity contribution in [2.24, 2.45) is 16.2 Å². The van der Waals surface area contributed by atoms with Crippen LogP contribution in [-0.2, 0) is 0 Å². The minimum absolute atomic E-state index is 0. The maximum absolute atomic E-state index is 9.04. The Morgan fingerprint density at radius 3 is 1.16 bits per heavy atom. The molecule has 0 amide bonds. The average molecular weight is 668 g/mol. The van der Waals surface area contributed by atoms with Gasteiger partial charge >= 0.3 is 0 Å². The van der Waals surface area contributed by atoms with Crippen molar-refractivity contribution in [1.29, 1.82) is 0 Å². The largest absolute Gasteiger partial charge is 0.0776 e. The lowest BCUT2D eigenvalue weighted by Crippen LogP contribution is -2.32. The van der Waals surface area contributed by atoms with Gasteiger partial charge in [-0.1, -0.05) is 123 Å². The predicted octanol–water partition coefficient (Wildman–Crippen LogP) is 15.6. The van der Waals surface area contributed by atoms with Crippen LogP contribution < -0.4 is 0 Å². The molecule has 0 heteroatoms. The van der Waals surface area contributed by atoms with Crippen molar-refractivity contribution in [3.05, 3.63) is 105 Å². The minimum Gasteiger partial charge on any atom is -0.0776 e. The first kappa shape index (κ1) is 36.5. The number of benzene rings is 3. The second-order valence-corrected chi connectivity index (χ2v) is 18.3. The summed E-state index contributed by atoms with van der Waals surface area (Å²) >= 11 is 0. The molecule has 3 aliphatic rings. The van der Waals surface area contributed by atoms with Crippen LogP contribution in [0, 0.1) is 57.8 Å². The number of rotatable bonds is 3. The monoisotopic (exact) mass is 668 g/mol. The zero-order valence-electron chi connectivity index (χ0n) is 36.2. The Bertz CT molecular complexity index is 1610. The highest BCUT2D eigenvalue weighted by atomic mass is 14.4. The Morgan fingerprint density at radius 2 is 0.796 bits per heavy atom.